The first kappa shape index (κ1) is 15.3. The van der Waals surface area contributed by atoms with Crippen LogP contribution in [0.25, 0.3) is 0 Å². The van der Waals surface area contributed by atoms with Gasteiger partial charge >= 0.3 is 0 Å². The van der Waals surface area contributed by atoms with Gasteiger partial charge in [-0.05, 0) is 37.6 Å². The van der Waals surface area contributed by atoms with E-state index in [9.17, 15) is 0 Å². The molecule has 0 spiro atoms. The molecule has 0 bridgehead atoms. The van der Waals surface area contributed by atoms with E-state index in [2.05, 4.69) is 22.1 Å². The van der Waals surface area contributed by atoms with Gasteiger partial charge in [-0.1, -0.05) is 0 Å². The Morgan fingerprint density at radius 2 is 1.88 bits per heavy atom. The minimum absolute atomic E-state index is 0.167. The van der Waals surface area contributed by atoms with Gasteiger partial charge in [0.05, 0.1) is 31.0 Å². The van der Waals surface area contributed by atoms with Gasteiger partial charge in [0, 0.05) is 36.0 Å². The number of aromatic nitrogens is 2. The van der Waals surface area contributed by atoms with Gasteiger partial charge in [0.2, 0.25) is 5.88 Å². The molecule has 0 N–H and O–H groups in total. The van der Waals surface area contributed by atoms with Gasteiger partial charge in [-0.15, -0.1) is 0 Å². The average molecular weight is 323 g/mol. The van der Waals surface area contributed by atoms with Crippen LogP contribution in [0.3, 0.4) is 0 Å². The highest BCUT2D eigenvalue weighted by Crippen LogP contribution is 2.31. The number of hydrogen-bond acceptors (Lipinski definition) is 5. The number of fused-ring (bicyclic) bond motifs is 1. The van der Waals surface area contributed by atoms with Crippen molar-refractivity contribution in [1.82, 2.24) is 9.97 Å². The van der Waals surface area contributed by atoms with Crippen LogP contribution in [0.15, 0.2) is 29.4 Å². The Kier molecular flexibility index (Phi) is 4.02. The third-order valence-electron chi connectivity index (χ3n) is 4.45. The zero-order chi connectivity index (χ0) is 16.5. The van der Waals surface area contributed by atoms with E-state index in [1.165, 1.54) is 5.56 Å². The second-order valence-electron chi connectivity index (χ2n) is 6.38. The van der Waals surface area contributed by atoms with Crippen LogP contribution in [0, 0.1) is 13.8 Å². The first-order valence-electron chi connectivity index (χ1n) is 8.43. The zero-order valence-electron chi connectivity index (χ0n) is 14.1. The average Bonchev–Trinajstić information content (AvgIpc) is 3.00. The molecule has 2 aliphatic rings. The van der Waals surface area contributed by atoms with E-state index in [-0.39, 0.29) is 6.10 Å². The third kappa shape index (κ3) is 2.91. The molecule has 0 saturated carbocycles. The van der Waals surface area contributed by atoms with Gasteiger partial charge in [0.15, 0.2) is 0 Å². The van der Waals surface area contributed by atoms with Crippen LogP contribution in [0.2, 0.25) is 0 Å². The molecule has 2 aliphatic heterocycles. The van der Waals surface area contributed by atoms with Crippen LogP contribution in [-0.2, 0) is 11.3 Å². The second-order valence-corrected chi connectivity index (χ2v) is 6.38. The molecule has 2 aromatic heterocycles. The SMILES string of the molecule is Cc1cc(C2=NCc3ccnc(OC4CCOCC4)c32)cc(C)n1. The molecule has 0 amide bonds. The lowest BCUT2D eigenvalue weighted by molar-refractivity contribution is 0.0236. The van der Waals surface area contributed by atoms with Crippen LogP contribution in [0.4, 0.5) is 0 Å². The Bertz CT molecular complexity index is 775. The van der Waals surface area contributed by atoms with Crippen molar-refractivity contribution in [3.05, 3.63) is 52.5 Å². The van der Waals surface area contributed by atoms with Gasteiger partial charge in [-0.25, -0.2) is 4.98 Å². The molecular weight excluding hydrogens is 302 g/mol. The number of pyridine rings is 2. The predicted octanol–water partition coefficient (Wildman–Crippen LogP) is 3.00. The Balaban J connectivity index is 1.70. The molecule has 124 valence electrons. The summed E-state index contributed by atoms with van der Waals surface area (Å²) < 4.78 is 11.6. The third-order valence-corrected chi connectivity index (χ3v) is 4.45. The summed E-state index contributed by atoms with van der Waals surface area (Å²) in [6.45, 7) is 6.20. The Labute approximate surface area is 141 Å². The quantitative estimate of drug-likeness (QED) is 0.871. The predicted molar refractivity (Wildman–Crippen MR) is 91.8 cm³/mol. The molecular formula is C19H21N3O2. The second kappa shape index (κ2) is 6.32. The summed E-state index contributed by atoms with van der Waals surface area (Å²) in [6.07, 6.45) is 3.80. The molecule has 0 unspecified atom stereocenters. The fourth-order valence-electron chi connectivity index (χ4n) is 3.36. The lowest BCUT2D eigenvalue weighted by atomic mass is 10.0. The van der Waals surface area contributed by atoms with Crippen molar-refractivity contribution in [3.63, 3.8) is 0 Å². The molecule has 4 rings (SSSR count). The van der Waals surface area contributed by atoms with E-state index in [1.54, 1.807) is 0 Å². The molecule has 5 nitrogen and oxygen atoms in total. The number of ether oxygens (including phenoxy) is 2. The molecule has 0 aliphatic carbocycles. The summed E-state index contributed by atoms with van der Waals surface area (Å²) >= 11 is 0. The van der Waals surface area contributed by atoms with E-state index in [1.807, 2.05) is 26.1 Å². The molecule has 4 heterocycles. The van der Waals surface area contributed by atoms with E-state index >= 15 is 0 Å². The van der Waals surface area contributed by atoms with Crippen molar-refractivity contribution < 1.29 is 9.47 Å². The maximum Gasteiger partial charge on any atom is 0.223 e. The summed E-state index contributed by atoms with van der Waals surface area (Å²) in [5.41, 5.74) is 6.26. The molecule has 24 heavy (non-hydrogen) atoms. The van der Waals surface area contributed by atoms with Crippen LogP contribution >= 0.6 is 0 Å². The van der Waals surface area contributed by atoms with Gasteiger partial charge in [0.25, 0.3) is 0 Å². The summed E-state index contributed by atoms with van der Waals surface area (Å²) in [4.78, 5) is 13.7. The van der Waals surface area contributed by atoms with Crippen LogP contribution in [0.1, 0.15) is 40.9 Å². The fraction of sp³-hybridized carbons (Fsp3) is 0.421. The smallest absolute Gasteiger partial charge is 0.223 e. The Hall–Kier alpha value is -2.27. The molecule has 5 heteroatoms. The lowest BCUT2D eigenvalue weighted by Crippen LogP contribution is -2.27. The zero-order valence-corrected chi connectivity index (χ0v) is 14.1. The standard InChI is InChI=1S/C19H21N3O2/c1-12-9-15(10-13(2)22-12)18-17-14(11-21-18)3-6-20-19(17)24-16-4-7-23-8-5-16/h3,6,9-10,16H,4-5,7-8,11H2,1-2H3. The summed E-state index contributed by atoms with van der Waals surface area (Å²) in [5, 5.41) is 0. The molecule has 2 aromatic rings. The number of hydrogen-bond donors (Lipinski definition) is 0. The molecule has 1 saturated heterocycles. The monoisotopic (exact) mass is 323 g/mol. The molecule has 1 fully saturated rings. The van der Waals surface area contributed by atoms with E-state index in [0.29, 0.717) is 12.4 Å². The van der Waals surface area contributed by atoms with Crippen molar-refractivity contribution in [2.45, 2.75) is 39.3 Å². The minimum Gasteiger partial charge on any atom is -0.474 e. The highest BCUT2D eigenvalue weighted by atomic mass is 16.5. The number of aliphatic imine (C=N–C) groups is 1. The summed E-state index contributed by atoms with van der Waals surface area (Å²) in [5.74, 6) is 0.697. The number of rotatable bonds is 3. The van der Waals surface area contributed by atoms with Gasteiger partial charge in [-0.2, -0.15) is 0 Å². The maximum absolute atomic E-state index is 6.22. The van der Waals surface area contributed by atoms with E-state index in [4.69, 9.17) is 14.5 Å². The van der Waals surface area contributed by atoms with Crippen molar-refractivity contribution in [2.24, 2.45) is 4.99 Å². The fourth-order valence-corrected chi connectivity index (χ4v) is 3.36. The van der Waals surface area contributed by atoms with Crippen LogP contribution < -0.4 is 4.74 Å². The van der Waals surface area contributed by atoms with Gasteiger partial charge in [0.1, 0.15) is 6.10 Å². The van der Waals surface area contributed by atoms with Crippen molar-refractivity contribution in [2.75, 3.05) is 13.2 Å². The number of nitrogens with zero attached hydrogens (tertiary/aromatic N) is 3. The maximum atomic E-state index is 6.22. The highest BCUT2D eigenvalue weighted by molar-refractivity contribution is 6.16. The van der Waals surface area contributed by atoms with E-state index in [0.717, 1.165) is 54.3 Å². The minimum atomic E-state index is 0.167. The van der Waals surface area contributed by atoms with Crippen molar-refractivity contribution in [3.8, 4) is 5.88 Å². The van der Waals surface area contributed by atoms with Gasteiger partial charge < -0.3 is 9.47 Å². The van der Waals surface area contributed by atoms with Gasteiger partial charge in [-0.3, -0.25) is 9.98 Å². The summed E-state index contributed by atoms with van der Waals surface area (Å²) in [7, 11) is 0. The first-order chi connectivity index (χ1) is 11.7. The first-order valence-corrected chi connectivity index (χ1v) is 8.43. The van der Waals surface area contributed by atoms with Crippen LogP contribution in [0.5, 0.6) is 5.88 Å². The molecule has 0 aromatic carbocycles. The molecule has 0 radical (unpaired) electrons. The Morgan fingerprint density at radius 1 is 1.12 bits per heavy atom. The topological polar surface area (TPSA) is 56.6 Å². The highest BCUT2D eigenvalue weighted by Gasteiger charge is 2.26. The number of aryl methyl sites for hydroxylation is 2. The van der Waals surface area contributed by atoms with Crippen LogP contribution in [-0.4, -0.2) is 35.0 Å². The summed E-state index contributed by atoms with van der Waals surface area (Å²) in [6, 6.07) is 6.18. The Morgan fingerprint density at radius 3 is 2.62 bits per heavy atom. The van der Waals surface area contributed by atoms with Crippen molar-refractivity contribution in [1.29, 1.82) is 0 Å². The van der Waals surface area contributed by atoms with E-state index < -0.39 is 0 Å². The van der Waals surface area contributed by atoms with Crippen molar-refractivity contribution >= 4 is 5.71 Å². The largest absolute Gasteiger partial charge is 0.474 e. The normalized spacial score (nSPS) is 17.5. The lowest BCUT2D eigenvalue weighted by Gasteiger charge is -2.24. The molecule has 0 atom stereocenters.